The first-order chi connectivity index (χ1) is 25.4. The first-order valence-corrected chi connectivity index (χ1v) is 23.6. The second-order valence-corrected chi connectivity index (χ2v) is 17.8. The van der Waals surface area contributed by atoms with Crippen LogP contribution in [0.4, 0.5) is 0 Å². The van der Waals surface area contributed by atoms with Crippen molar-refractivity contribution in [1.29, 1.82) is 0 Å². The molecule has 52 heavy (non-hydrogen) atoms. The van der Waals surface area contributed by atoms with Crippen LogP contribution in [0.15, 0.2) is 0 Å². The number of ether oxygens (including phenoxy) is 1. The van der Waals surface area contributed by atoms with E-state index in [4.69, 9.17) is 4.74 Å². The van der Waals surface area contributed by atoms with Gasteiger partial charge in [0, 0.05) is 24.0 Å². The summed E-state index contributed by atoms with van der Waals surface area (Å²) in [5.74, 6) is 1.29. The quantitative estimate of drug-likeness (QED) is 0.0525. The van der Waals surface area contributed by atoms with Crippen LogP contribution in [0, 0.1) is 23.7 Å². The Balaban J connectivity index is 1.49. The Morgan fingerprint density at radius 1 is 0.596 bits per heavy atom. The number of hydrogen-bond donors (Lipinski definition) is 0. The molecule has 7 unspecified atom stereocenters. The lowest BCUT2D eigenvalue weighted by Gasteiger charge is -2.50. The third-order valence-corrected chi connectivity index (χ3v) is 13.7. The average Bonchev–Trinajstić information content (AvgIpc) is 3.15. The molecule has 1 aliphatic heterocycles. The number of nitrogens with zero attached hydrogens (tertiary/aromatic N) is 2. The van der Waals surface area contributed by atoms with Crippen molar-refractivity contribution in [3.05, 3.63) is 5.92 Å². The van der Waals surface area contributed by atoms with Crippen molar-refractivity contribution in [2.24, 2.45) is 17.8 Å². The number of unbranched alkanes of at least 4 members (excludes halogenated alkanes) is 18. The van der Waals surface area contributed by atoms with Crippen molar-refractivity contribution in [2.45, 2.75) is 245 Å². The summed E-state index contributed by atoms with van der Waals surface area (Å²) in [6.07, 6.45) is 38.1. The van der Waals surface area contributed by atoms with Crippen LogP contribution < -0.4 is 5.11 Å². The van der Waals surface area contributed by atoms with Gasteiger partial charge in [-0.1, -0.05) is 150 Å². The van der Waals surface area contributed by atoms with Gasteiger partial charge in [0.2, 0.25) is 0 Å². The predicted molar refractivity (Wildman–Crippen MR) is 220 cm³/mol. The van der Waals surface area contributed by atoms with E-state index < -0.39 is 5.97 Å². The fourth-order valence-corrected chi connectivity index (χ4v) is 10.2. The second-order valence-electron chi connectivity index (χ2n) is 17.8. The zero-order chi connectivity index (χ0) is 37.4. The Morgan fingerprint density at radius 2 is 1.02 bits per heavy atom. The smallest absolute Gasteiger partial charge is 0.127 e. The summed E-state index contributed by atoms with van der Waals surface area (Å²) in [6.45, 7) is 12.8. The molecular formula is C47H88N2O3. The monoisotopic (exact) mass is 729 g/mol. The maximum atomic E-state index is 12.7. The average molecular weight is 729 g/mol. The summed E-state index contributed by atoms with van der Waals surface area (Å²) in [5.41, 5.74) is 0. The normalized spacial score (nSPS) is 25.4. The number of rotatable bonds is 31. The lowest BCUT2D eigenvalue weighted by atomic mass is 9.61. The van der Waals surface area contributed by atoms with E-state index in [0.29, 0.717) is 23.9 Å². The van der Waals surface area contributed by atoms with E-state index in [1.807, 2.05) is 0 Å². The third-order valence-electron chi connectivity index (χ3n) is 13.7. The molecule has 1 saturated heterocycles. The summed E-state index contributed by atoms with van der Waals surface area (Å²) in [6, 6.07) is 1.18. The van der Waals surface area contributed by atoms with Crippen molar-refractivity contribution in [3.8, 4) is 0 Å². The first kappa shape index (κ1) is 45.6. The van der Waals surface area contributed by atoms with Crippen LogP contribution in [-0.4, -0.2) is 66.7 Å². The molecule has 3 aliphatic rings. The second kappa shape index (κ2) is 27.7. The van der Waals surface area contributed by atoms with Crippen LogP contribution in [0.5, 0.6) is 0 Å². The Kier molecular flexibility index (Phi) is 24.3. The van der Waals surface area contributed by atoms with Crippen molar-refractivity contribution < 1.29 is 14.6 Å². The summed E-state index contributed by atoms with van der Waals surface area (Å²) in [5, 5.41) is 12.7. The number of carbonyl (C=O) groups is 1. The number of carboxylic acid groups (broad SMARTS) is 1. The maximum absolute atomic E-state index is 12.7. The molecule has 0 spiro atoms. The third kappa shape index (κ3) is 16.5. The molecule has 0 aromatic carbocycles. The van der Waals surface area contributed by atoms with Gasteiger partial charge in [0.05, 0.1) is 6.42 Å². The van der Waals surface area contributed by atoms with Crippen LogP contribution in [0.3, 0.4) is 0 Å². The van der Waals surface area contributed by atoms with Crippen LogP contribution in [0.1, 0.15) is 220 Å². The molecule has 0 aromatic heterocycles. The van der Waals surface area contributed by atoms with Gasteiger partial charge in [-0.25, -0.2) is 0 Å². The standard InChI is InChI=1S/C47H88N2O3/c1-6-10-14-15-16-17-18-19-20-21-22-23-24-25-26-27-28-39(47(50)51)36-44-42-31-29-40(48(5)33-11-7-2)37-45(42)52-46-38-41(30-32-43(44)46)49(34-12-8-3)35-13-9-4/h39-43,45-46H,6-38H2,1-5H3. The Labute approximate surface area is 324 Å². The molecule has 3 fully saturated rings. The minimum Gasteiger partial charge on any atom is -0.550 e. The number of hydrogen-bond acceptors (Lipinski definition) is 5. The fraction of sp³-hybridized carbons (Fsp3) is 0.957. The van der Waals surface area contributed by atoms with Gasteiger partial charge in [-0.05, 0) is 90.9 Å². The van der Waals surface area contributed by atoms with Crippen LogP contribution in [0.2, 0.25) is 0 Å². The molecule has 2 aliphatic carbocycles. The van der Waals surface area contributed by atoms with Gasteiger partial charge >= 0.3 is 0 Å². The van der Waals surface area contributed by atoms with E-state index in [9.17, 15) is 9.90 Å². The lowest BCUT2D eigenvalue weighted by molar-refractivity contribution is -0.312. The summed E-state index contributed by atoms with van der Waals surface area (Å²) >= 11 is 0. The summed E-state index contributed by atoms with van der Waals surface area (Å²) < 4.78 is 7.20. The van der Waals surface area contributed by atoms with Gasteiger partial charge in [0.15, 0.2) is 0 Å². The van der Waals surface area contributed by atoms with Gasteiger partial charge in [0.1, 0.15) is 30.0 Å². The number of carbonyl (C=O) groups excluding carboxylic acids is 1. The molecule has 0 aromatic rings. The van der Waals surface area contributed by atoms with Crippen LogP contribution in [-0.2, 0) is 9.53 Å². The van der Waals surface area contributed by atoms with E-state index in [1.54, 1.807) is 5.92 Å². The Hall–Kier alpha value is -0.780. The summed E-state index contributed by atoms with van der Waals surface area (Å²) in [4.78, 5) is 18.1. The largest absolute Gasteiger partial charge is 0.550 e. The molecule has 2 saturated carbocycles. The first-order valence-electron chi connectivity index (χ1n) is 23.6. The van der Waals surface area contributed by atoms with E-state index in [0.717, 1.165) is 44.9 Å². The minimum absolute atomic E-state index is 0.246. The zero-order valence-electron chi connectivity index (χ0n) is 35.5. The molecule has 3 rings (SSSR count). The minimum atomic E-state index is -0.806. The highest BCUT2D eigenvalue weighted by Gasteiger charge is 2.57. The fourth-order valence-electron chi connectivity index (χ4n) is 10.2. The molecule has 304 valence electrons. The van der Waals surface area contributed by atoms with E-state index in [2.05, 4.69) is 44.5 Å². The highest BCUT2D eigenvalue weighted by atomic mass is 16.5. The SMILES string of the molecule is CCCCCCCCCCCCCCCCCCC(C[C+]1C2CCC(N(C)CCCC)CC2OC2CC(N(CCCC)CCCC)CCC12)C(=O)[O-]. The molecule has 0 N–H and O–H groups in total. The molecule has 0 radical (unpaired) electrons. The zero-order valence-corrected chi connectivity index (χ0v) is 35.5. The molecule has 1 heterocycles. The van der Waals surface area contributed by atoms with Crippen LogP contribution >= 0.6 is 0 Å². The van der Waals surface area contributed by atoms with Gasteiger partial charge in [-0.2, -0.15) is 0 Å². The number of carboxylic acids is 1. The van der Waals surface area contributed by atoms with E-state index >= 15 is 0 Å². The highest BCUT2D eigenvalue weighted by molar-refractivity contribution is 5.68. The number of aliphatic carboxylic acids is 1. The van der Waals surface area contributed by atoms with Crippen molar-refractivity contribution >= 4 is 5.97 Å². The Morgan fingerprint density at radius 3 is 1.50 bits per heavy atom. The van der Waals surface area contributed by atoms with E-state index in [-0.39, 0.29) is 18.1 Å². The topological polar surface area (TPSA) is 55.8 Å². The number of fused-ring (bicyclic) bond motifs is 2. The summed E-state index contributed by atoms with van der Waals surface area (Å²) in [7, 11) is 2.32. The van der Waals surface area contributed by atoms with Crippen molar-refractivity contribution in [3.63, 3.8) is 0 Å². The van der Waals surface area contributed by atoms with Gasteiger partial charge in [0.25, 0.3) is 0 Å². The van der Waals surface area contributed by atoms with Crippen LogP contribution in [0.25, 0.3) is 0 Å². The van der Waals surface area contributed by atoms with Gasteiger partial charge in [-0.3, -0.25) is 0 Å². The molecule has 5 heteroatoms. The van der Waals surface area contributed by atoms with Gasteiger partial charge < -0.3 is 24.4 Å². The maximum Gasteiger partial charge on any atom is 0.127 e. The molecule has 0 amide bonds. The molecule has 0 bridgehead atoms. The molecule has 7 atom stereocenters. The Bertz CT molecular complexity index is 875. The molecular weight excluding hydrogens is 641 g/mol. The van der Waals surface area contributed by atoms with Crippen molar-refractivity contribution in [2.75, 3.05) is 26.7 Å². The predicted octanol–water partition coefficient (Wildman–Crippen LogP) is 11.7. The molecule has 5 nitrogen and oxygen atoms in total. The van der Waals surface area contributed by atoms with E-state index in [1.165, 1.54) is 167 Å². The highest BCUT2D eigenvalue weighted by Crippen LogP contribution is 2.52. The van der Waals surface area contributed by atoms with Gasteiger partial charge in [-0.15, -0.1) is 0 Å². The lowest BCUT2D eigenvalue weighted by Crippen LogP contribution is -2.56. The van der Waals surface area contributed by atoms with Crippen molar-refractivity contribution in [1.82, 2.24) is 9.80 Å².